The highest BCUT2D eigenvalue weighted by atomic mass is 16.1. The van der Waals surface area contributed by atoms with E-state index in [0.717, 1.165) is 24.2 Å². The fourth-order valence-corrected chi connectivity index (χ4v) is 9.04. The van der Waals surface area contributed by atoms with Gasteiger partial charge in [0.15, 0.2) is 5.78 Å². The van der Waals surface area contributed by atoms with Crippen LogP contribution >= 0.6 is 0 Å². The van der Waals surface area contributed by atoms with Gasteiger partial charge in [0.2, 0.25) is 0 Å². The van der Waals surface area contributed by atoms with Gasteiger partial charge in [-0.25, -0.2) is 0 Å². The van der Waals surface area contributed by atoms with E-state index < -0.39 is 0 Å². The lowest BCUT2D eigenvalue weighted by atomic mass is 9.42. The molecule has 0 aliphatic heterocycles. The molecule has 1 nitrogen and oxygen atoms in total. The van der Waals surface area contributed by atoms with E-state index in [1.165, 1.54) is 44.9 Å². The molecule has 31 heavy (non-hydrogen) atoms. The number of allylic oxidation sites excluding steroid dienone is 4. The number of carbonyl (C=O) groups is 1. The van der Waals surface area contributed by atoms with Crippen LogP contribution in [0.4, 0.5) is 0 Å². The van der Waals surface area contributed by atoms with Crippen molar-refractivity contribution in [2.24, 2.45) is 51.2 Å². The molecule has 0 aromatic heterocycles. The SMILES string of the molecule is CC(C)CCC[C@H](C)[C@@H]1CC[C@]2(C)C3=CC[C@H]4C(C)(C)C(=O)C=C[C@]4(C)[C@@H]3CC[C@@]12C. The Kier molecular flexibility index (Phi) is 5.71. The third-order valence-electron chi connectivity index (χ3n) is 11.3. The highest BCUT2D eigenvalue weighted by Gasteiger charge is 2.64. The number of carbonyl (C=O) groups excluding carboxylic acids is 1. The molecule has 1 heteroatoms. The molecule has 4 aliphatic carbocycles. The molecule has 0 N–H and O–H groups in total. The maximum Gasteiger partial charge on any atom is 0.161 e. The van der Waals surface area contributed by atoms with Gasteiger partial charge in [0.05, 0.1) is 0 Å². The zero-order valence-electron chi connectivity index (χ0n) is 21.7. The van der Waals surface area contributed by atoms with Crippen LogP contribution in [-0.4, -0.2) is 5.78 Å². The third-order valence-corrected chi connectivity index (χ3v) is 11.3. The van der Waals surface area contributed by atoms with Crippen molar-refractivity contribution < 1.29 is 4.79 Å². The first kappa shape index (κ1) is 23.3. The van der Waals surface area contributed by atoms with Gasteiger partial charge in [0.25, 0.3) is 0 Å². The number of hydrogen-bond acceptors (Lipinski definition) is 1. The van der Waals surface area contributed by atoms with Crippen LogP contribution < -0.4 is 0 Å². The van der Waals surface area contributed by atoms with Gasteiger partial charge in [0.1, 0.15) is 0 Å². The molecular weight excluding hydrogens is 376 g/mol. The summed E-state index contributed by atoms with van der Waals surface area (Å²) in [4.78, 5) is 12.7. The van der Waals surface area contributed by atoms with Gasteiger partial charge in [-0.3, -0.25) is 4.79 Å². The Labute approximate surface area is 192 Å². The monoisotopic (exact) mass is 424 g/mol. The van der Waals surface area contributed by atoms with E-state index in [1.54, 1.807) is 5.57 Å². The van der Waals surface area contributed by atoms with Crippen LogP contribution in [0.1, 0.15) is 107 Å². The van der Waals surface area contributed by atoms with E-state index in [2.05, 4.69) is 67.5 Å². The van der Waals surface area contributed by atoms with Gasteiger partial charge in [-0.05, 0) is 84.0 Å². The van der Waals surface area contributed by atoms with Crippen LogP contribution in [0.25, 0.3) is 0 Å². The summed E-state index contributed by atoms with van der Waals surface area (Å²) in [7, 11) is 0. The molecule has 0 radical (unpaired) electrons. The molecule has 4 rings (SSSR count). The second kappa shape index (κ2) is 7.59. The van der Waals surface area contributed by atoms with Crippen LogP contribution in [0.2, 0.25) is 0 Å². The van der Waals surface area contributed by atoms with Crippen molar-refractivity contribution in [1.82, 2.24) is 0 Å². The molecular formula is C30H48O. The van der Waals surface area contributed by atoms with Crippen molar-refractivity contribution in [2.45, 2.75) is 107 Å². The second-order valence-electron chi connectivity index (χ2n) is 13.5. The first-order valence-electron chi connectivity index (χ1n) is 13.3. The maximum atomic E-state index is 12.7. The van der Waals surface area contributed by atoms with Crippen molar-refractivity contribution in [1.29, 1.82) is 0 Å². The summed E-state index contributed by atoms with van der Waals surface area (Å²) in [5.74, 6) is 3.90. The number of ketones is 1. The Morgan fingerprint density at radius 2 is 1.71 bits per heavy atom. The molecule has 2 fully saturated rings. The first-order chi connectivity index (χ1) is 14.4. The quantitative estimate of drug-likeness (QED) is 0.405. The lowest BCUT2D eigenvalue weighted by Crippen LogP contribution is -2.55. The van der Waals surface area contributed by atoms with Crippen molar-refractivity contribution in [3.8, 4) is 0 Å². The average molecular weight is 425 g/mol. The van der Waals surface area contributed by atoms with Gasteiger partial charge in [-0.15, -0.1) is 0 Å². The molecule has 174 valence electrons. The molecule has 0 saturated heterocycles. The van der Waals surface area contributed by atoms with Gasteiger partial charge in [0, 0.05) is 5.41 Å². The Balaban J connectivity index is 1.62. The fraction of sp³-hybridized carbons (Fsp3) is 0.833. The number of fused-ring (bicyclic) bond motifs is 5. The van der Waals surface area contributed by atoms with Gasteiger partial charge in [-0.2, -0.15) is 0 Å². The van der Waals surface area contributed by atoms with Crippen LogP contribution in [0.15, 0.2) is 23.8 Å². The molecule has 7 atom stereocenters. The van der Waals surface area contributed by atoms with Gasteiger partial charge in [-0.1, -0.05) is 92.4 Å². The normalized spacial score (nSPS) is 44.5. The van der Waals surface area contributed by atoms with E-state index >= 15 is 0 Å². The molecule has 0 aromatic rings. The van der Waals surface area contributed by atoms with Crippen LogP contribution in [-0.2, 0) is 4.79 Å². The van der Waals surface area contributed by atoms with Crippen molar-refractivity contribution in [3.63, 3.8) is 0 Å². The Morgan fingerprint density at radius 3 is 2.39 bits per heavy atom. The average Bonchev–Trinajstić information content (AvgIpc) is 2.96. The van der Waals surface area contributed by atoms with Crippen LogP contribution in [0.5, 0.6) is 0 Å². The predicted octanol–water partition coefficient (Wildman–Crippen LogP) is 8.40. The highest BCUT2D eigenvalue weighted by molar-refractivity contribution is 5.95. The summed E-state index contributed by atoms with van der Waals surface area (Å²) in [6, 6.07) is 0. The molecule has 4 aliphatic rings. The molecule has 0 amide bonds. The molecule has 0 spiro atoms. The summed E-state index contributed by atoms with van der Waals surface area (Å²) in [5.41, 5.74) is 2.43. The fourth-order valence-electron chi connectivity index (χ4n) is 9.04. The summed E-state index contributed by atoms with van der Waals surface area (Å²) >= 11 is 0. The van der Waals surface area contributed by atoms with E-state index in [0.29, 0.717) is 28.4 Å². The smallest absolute Gasteiger partial charge is 0.161 e. The summed E-state index contributed by atoms with van der Waals surface area (Å²) in [6.45, 7) is 19.4. The Morgan fingerprint density at radius 1 is 1.00 bits per heavy atom. The zero-order valence-corrected chi connectivity index (χ0v) is 21.7. The lowest BCUT2D eigenvalue weighted by molar-refractivity contribution is -0.131. The predicted molar refractivity (Wildman–Crippen MR) is 132 cm³/mol. The number of hydrogen-bond donors (Lipinski definition) is 0. The molecule has 2 saturated carbocycles. The minimum absolute atomic E-state index is 0.132. The topological polar surface area (TPSA) is 17.1 Å². The zero-order chi connectivity index (χ0) is 22.8. The minimum Gasteiger partial charge on any atom is -0.294 e. The van der Waals surface area contributed by atoms with Gasteiger partial charge < -0.3 is 0 Å². The van der Waals surface area contributed by atoms with E-state index in [-0.39, 0.29) is 10.8 Å². The molecule has 0 aromatic carbocycles. The minimum atomic E-state index is -0.240. The van der Waals surface area contributed by atoms with Crippen molar-refractivity contribution in [2.75, 3.05) is 0 Å². The Hall–Kier alpha value is -0.850. The Bertz CT molecular complexity index is 784. The highest BCUT2D eigenvalue weighted by Crippen LogP contribution is 2.72. The molecule has 0 bridgehead atoms. The van der Waals surface area contributed by atoms with Crippen LogP contribution in [0, 0.1) is 51.2 Å². The standard InChI is InChI=1S/C30H48O/c1-20(2)10-9-11-21(3)22-14-18-30(8)24-12-13-25-27(4,5)26(31)16-17-28(25,6)23(24)15-19-29(22,30)7/h12,16-17,20-23,25H,9-11,13-15,18-19H2,1-8H3/t21-,22-,23+,25-,28+,29-,30+/m0/s1. The van der Waals surface area contributed by atoms with Crippen LogP contribution in [0.3, 0.4) is 0 Å². The summed E-state index contributed by atoms with van der Waals surface area (Å²) in [6.07, 6.45) is 17.6. The number of rotatable bonds is 5. The third kappa shape index (κ3) is 3.26. The summed E-state index contributed by atoms with van der Waals surface area (Å²) < 4.78 is 0. The maximum absolute atomic E-state index is 12.7. The second-order valence-corrected chi connectivity index (χ2v) is 13.5. The largest absolute Gasteiger partial charge is 0.294 e. The van der Waals surface area contributed by atoms with E-state index in [4.69, 9.17) is 0 Å². The van der Waals surface area contributed by atoms with Crippen molar-refractivity contribution >= 4 is 5.78 Å². The summed E-state index contributed by atoms with van der Waals surface area (Å²) in [5, 5.41) is 0. The van der Waals surface area contributed by atoms with E-state index in [9.17, 15) is 4.79 Å². The molecule has 0 unspecified atom stereocenters. The molecule has 0 heterocycles. The van der Waals surface area contributed by atoms with Gasteiger partial charge >= 0.3 is 0 Å². The van der Waals surface area contributed by atoms with Crippen molar-refractivity contribution in [3.05, 3.63) is 23.8 Å². The van der Waals surface area contributed by atoms with E-state index in [1.807, 2.05) is 6.08 Å². The first-order valence-corrected chi connectivity index (χ1v) is 13.3. The lowest BCUT2D eigenvalue weighted by Gasteiger charge is -2.62.